The van der Waals surface area contributed by atoms with Crippen molar-refractivity contribution in [2.45, 2.75) is 19.5 Å². The summed E-state index contributed by atoms with van der Waals surface area (Å²) in [6.07, 6.45) is -2.48. The number of alkyl halides is 1. The quantitative estimate of drug-likeness (QED) is 0.395. The van der Waals surface area contributed by atoms with E-state index in [0.29, 0.717) is 16.0 Å². The van der Waals surface area contributed by atoms with E-state index in [1.54, 1.807) is 24.3 Å². The smallest absolute Gasteiger partial charge is 0.339 e. The van der Waals surface area contributed by atoms with Crippen molar-refractivity contribution in [1.82, 2.24) is 0 Å². The third kappa shape index (κ3) is 4.88. The van der Waals surface area contributed by atoms with E-state index in [-0.39, 0.29) is 21.8 Å². The van der Waals surface area contributed by atoms with E-state index < -0.39 is 30.3 Å². The van der Waals surface area contributed by atoms with Gasteiger partial charge in [0.15, 0.2) is 6.17 Å². The molecule has 3 aromatic rings. The summed E-state index contributed by atoms with van der Waals surface area (Å²) in [5.41, 5.74) is 0.997. The van der Waals surface area contributed by atoms with Gasteiger partial charge in [0.25, 0.3) is 5.91 Å². The number of rotatable bonds is 6. The molecular formula is C21H15BrClF2NO3S. The molecule has 3 rings (SSSR count). The second kappa shape index (κ2) is 9.24. The number of halogens is 4. The van der Waals surface area contributed by atoms with Crippen molar-refractivity contribution in [3.8, 4) is 10.4 Å². The molecule has 0 saturated heterocycles. The molecule has 0 saturated carbocycles. The van der Waals surface area contributed by atoms with Crippen LogP contribution in [0.2, 0.25) is 5.02 Å². The highest BCUT2D eigenvalue weighted by Crippen LogP contribution is 2.36. The van der Waals surface area contributed by atoms with Crippen molar-refractivity contribution in [3.63, 3.8) is 0 Å². The third-order valence-electron chi connectivity index (χ3n) is 4.38. The zero-order valence-electron chi connectivity index (χ0n) is 15.5. The van der Waals surface area contributed by atoms with Gasteiger partial charge >= 0.3 is 5.97 Å². The first-order valence-corrected chi connectivity index (χ1v) is 10.7. The second-order valence-electron chi connectivity index (χ2n) is 6.52. The molecule has 0 fully saturated rings. The maximum absolute atomic E-state index is 14.5. The number of thiophene rings is 1. The predicted molar refractivity (Wildman–Crippen MR) is 118 cm³/mol. The van der Waals surface area contributed by atoms with Gasteiger partial charge in [-0.25, -0.2) is 13.6 Å². The lowest BCUT2D eigenvalue weighted by atomic mass is 10.1. The van der Waals surface area contributed by atoms with Crippen molar-refractivity contribution in [1.29, 1.82) is 0 Å². The van der Waals surface area contributed by atoms with Gasteiger partial charge in [-0.2, -0.15) is 0 Å². The summed E-state index contributed by atoms with van der Waals surface area (Å²) >= 11 is 10.5. The van der Waals surface area contributed by atoms with Gasteiger partial charge < -0.3 is 10.4 Å². The van der Waals surface area contributed by atoms with Gasteiger partial charge in [0.05, 0.1) is 10.6 Å². The van der Waals surface area contributed by atoms with Crippen LogP contribution in [-0.2, 0) is 11.2 Å². The van der Waals surface area contributed by atoms with E-state index in [0.717, 1.165) is 21.9 Å². The Morgan fingerprint density at radius 1 is 1.27 bits per heavy atom. The molecule has 9 heteroatoms. The number of carbonyl (C=O) groups is 2. The average molecular weight is 515 g/mol. The molecule has 1 aromatic heterocycles. The fraction of sp³-hybridized carbons (Fsp3) is 0.143. The molecule has 0 spiro atoms. The fourth-order valence-corrected chi connectivity index (χ4v) is 4.38. The molecule has 1 amide bonds. The van der Waals surface area contributed by atoms with Crippen LogP contribution in [0.4, 0.5) is 14.5 Å². The summed E-state index contributed by atoms with van der Waals surface area (Å²) in [5.74, 6) is -2.83. The molecule has 2 N–H and O–H groups in total. The zero-order chi connectivity index (χ0) is 22.0. The number of carboxylic acid groups (broad SMARTS) is 1. The maximum Gasteiger partial charge on any atom is 0.339 e. The Hall–Kier alpha value is -2.29. The molecule has 0 aliphatic rings. The van der Waals surface area contributed by atoms with Crippen LogP contribution in [0.1, 0.15) is 21.5 Å². The number of amides is 1. The minimum Gasteiger partial charge on any atom is -0.478 e. The lowest BCUT2D eigenvalue weighted by Crippen LogP contribution is -2.26. The molecule has 0 radical (unpaired) electrons. The molecule has 4 nitrogen and oxygen atoms in total. The van der Waals surface area contributed by atoms with E-state index >= 15 is 0 Å². The van der Waals surface area contributed by atoms with Crippen molar-refractivity contribution in [2.24, 2.45) is 0 Å². The average Bonchev–Trinajstić information content (AvgIpc) is 3.10. The van der Waals surface area contributed by atoms with Crippen LogP contribution in [0.5, 0.6) is 0 Å². The maximum atomic E-state index is 14.5. The number of hydrogen-bond donors (Lipinski definition) is 2. The lowest BCUT2D eigenvalue weighted by molar-refractivity contribution is -0.120. The van der Waals surface area contributed by atoms with Crippen LogP contribution in [-0.4, -0.2) is 23.2 Å². The van der Waals surface area contributed by atoms with E-state index in [1.807, 2.05) is 0 Å². The number of anilines is 1. The highest BCUT2D eigenvalue weighted by molar-refractivity contribution is 9.10. The Balaban J connectivity index is 1.82. The Bertz CT molecular complexity index is 1120. The molecule has 1 heterocycles. The van der Waals surface area contributed by atoms with Crippen LogP contribution < -0.4 is 5.32 Å². The van der Waals surface area contributed by atoms with Gasteiger partial charge in [0.2, 0.25) is 0 Å². The van der Waals surface area contributed by atoms with Crippen LogP contribution in [0.25, 0.3) is 10.4 Å². The van der Waals surface area contributed by atoms with Gasteiger partial charge in [0.1, 0.15) is 11.4 Å². The number of benzene rings is 2. The van der Waals surface area contributed by atoms with E-state index in [4.69, 9.17) is 11.6 Å². The van der Waals surface area contributed by atoms with E-state index in [1.165, 1.54) is 18.4 Å². The van der Waals surface area contributed by atoms with Gasteiger partial charge in [-0.1, -0.05) is 39.7 Å². The van der Waals surface area contributed by atoms with Gasteiger partial charge in [-0.15, -0.1) is 11.3 Å². The number of hydrogen-bond acceptors (Lipinski definition) is 3. The molecule has 1 unspecified atom stereocenters. The van der Waals surface area contributed by atoms with Crippen molar-refractivity contribution < 1.29 is 23.5 Å². The first-order valence-electron chi connectivity index (χ1n) is 8.67. The highest BCUT2D eigenvalue weighted by atomic mass is 79.9. The minimum absolute atomic E-state index is 0.000692. The molecule has 1 atom stereocenters. The third-order valence-corrected chi connectivity index (χ3v) is 6.29. The second-order valence-corrected chi connectivity index (χ2v) is 8.72. The van der Waals surface area contributed by atoms with Crippen LogP contribution >= 0.6 is 38.9 Å². The van der Waals surface area contributed by atoms with Crippen molar-refractivity contribution >= 4 is 56.4 Å². The highest BCUT2D eigenvalue weighted by Gasteiger charge is 2.25. The number of nitrogens with one attached hydrogen (secondary N) is 1. The van der Waals surface area contributed by atoms with E-state index in [9.17, 15) is 23.5 Å². The summed E-state index contributed by atoms with van der Waals surface area (Å²) in [7, 11) is 0. The standard InChI is InChI=1S/C21H15BrClF2NO3S/c1-10-6-14(23)12(7-15(10)24)8-16(25)20(27)26-17-9-30-19(18(17)21(28)29)11-2-4-13(22)5-3-11/h2-7,9,16H,8H2,1H3,(H,26,27)(H,28,29). The van der Waals surface area contributed by atoms with Gasteiger partial charge in [0, 0.05) is 21.3 Å². The Morgan fingerprint density at radius 2 is 1.93 bits per heavy atom. The molecule has 156 valence electrons. The number of aryl methyl sites for hydroxylation is 1. The predicted octanol–water partition coefficient (Wildman–Crippen LogP) is 6.50. The molecule has 2 aromatic carbocycles. The Kier molecular flexibility index (Phi) is 6.90. The summed E-state index contributed by atoms with van der Waals surface area (Å²) in [4.78, 5) is 24.6. The normalized spacial score (nSPS) is 11.9. The fourth-order valence-electron chi connectivity index (χ4n) is 2.82. The number of carbonyl (C=O) groups excluding carboxylic acids is 1. The first kappa shape index (κ1) is 22.4. The summed E-state index contributed by atoms with van der Waals surface area (Å²) in [5, 5.41) is 13.6. The topological polar surface area (TPSA) is 66.4 Å². The summed E-state index contributed by atoms with van der Waals surface area (Å²) in [6, 6.07) is 9.46. The van der Waals surface area contributed by atoms with E-state index in [2.05, 4.69) is 21.2 Å². The molecule has 0 aliphatic heterocycles. The summed E-state index contributed by atoms with van der Waals surface area (Å²) in [6.45, 7) is 1.53. The minimum atomic E-state index is -2.04. The molecular weight excluding hydrogens is 500 g/mol. The Labute approximate surface area is 188 Å². The van der Waals surface area contributed by atoms with Crippen molar-refractivity contribution in [3.05, 3.63) is 73.8 Å². The monoisotopic (exact) mass is 513 g/mol. The number of aromatic carboxylic acids is 1. The van der Waals surface area contributed by atoms with Gasteiger partial charge in [-0.3, -0.25) is 4.79 Å². The van der Waals surface area contributed by atoms with Gasteiger partial charge in [-0.05, 0) is 47.9 Å². The van der Waals surface area contributed by atoms with Crippen LogP contribution in [0, 0.1) is 12.7 Å². The Morgan fingerprint density at radius 3 is 2.57 bits per heavy atom. The van der Waals surface area contributed by atoms with Crippen molar-refractivity contribution in [2.75, 3.05) is 5.32 Å². The largest absolute Gasteiger partial charge is 0.478 e. The molecule has 30 heavy (non-hydrogen) atoms. The SMILES string of the molecule is Cc1cc(Cl)c(CC(F)C(=O)Nc2csc(-c3ccc(Br)cc3)c2C(=O)O)cc1F. The zero-order valence-corrected chi connectivity index (χ0v) is 18.7. The van der Waals surface area contributed by atoms with Crippen LogP contribution in [0.3, 0.4) is 0 Å². The molecule has 0 aliphatic carbocycles. The summed E-state index contributed by atoms with van der Waals surface area (Å²) < 4.78 is 29.1. The number of carboxylic acids is 1. The molecule has 0 bridgehead atoms. The first-order chi connectivity index (χ1) is 14.2. The van der Waals surface area contributed by atoms with Crippen LogP contribution in [0.15, 0.2) is 46.3 Å². The lowest BCUT2D eigenvalue weighted by Gasteiger charge is -2.12.